The van der Waals surface area contributed by atoms with Crippen LogP contribution in [-0.4, -0.2) is 19.5 Å². The van der Waals surface area contributed by atoms with Crippen LogP contribution in [-0.2, 0) is 7.05 Å². The summed E-state index contributed by atoms with van der Waals surface area (Å²) in [6.07, 6.45) is 5.58. The van der Waals surface area contributed by atoms with E-state index in [-0.39, 0.29) is 0 Å². The van der Waals surface area contributed by atoms with Crippen LogP contribution < -0.4 is 0 Å². The summed E-state index contributed by atoms with van der Waals surface area (Å²) in [5.74, 6) is 0. The van der Waals surface area contributed by atoms with Gasteiger partial charge in [-0.05, 0) is 24.3 Å². The van der Waals surface area contributed by atoms with E-state index in [1.54, 1.807) is 0 Å². The van der Waals surface area contributed by atoms with Gasteiger partial charge in [-0.1, -0.05) is 6.07 Å². The normalized spacial score (nSPS) is 12.0. The molecule has 0 fully saturated rings. The largest absolute Gasteiger partial charge is 0.354 e. The first-order valence-corrected chi connectivity index (χ1v) is 6.92. The van der Waals surface area contributed by atoms with Gasteiger partial charge >= 0.3 is 0 Å². The lowest BCUT2D eigenvalue weighted by Gasteiger charge is -1.97. The van der Waals surface area contributed by atoms with Crippen molar-refractivity contribution in [3.63, 3.8) is 0 Å². The van der Waals surface area contributed by atoms with E-state index in [0.717, 1.165) is 22.1 Å². The topological polar surface area (TPSA) is 46.5 Å². The molecular formula is C17H12N4. The van der Waals surface area contributed by atoms with E-state index >= 15 is 0 Å². The monoisotopic (exact) mass is 272 g/mol. The highest BCUT2D eigenvalue weighted by atomic mass is 15.0. The summed E-state index contributed by atoms with van der Waals surface area (Å²) in [4.78, 5) is 12.3. The third-order valence-corrected chi connectivity index (χ3v) is 4.29. The molecule has 4 aromatic heterocycles. The minimum absolute atomic E-state index is 1.01. The van der Waals surface area contributed by atoms with Gasteiger partial charge in [-0.3, -0.25) is 4.98 Å². The molecule has 100 valence electrons. The molecule has 0 saturated heterocycles. The van der Waals surface area contributed by atoms with E-state index in [2.05, 4.69) is 44.8 Å². The Balaban J connectivity index is 2.16. The van der Waals surface area contributed by atoms with Crippen LogP contribution in [0.5, 0.6) is 0 Å². The minimum Gasteiger partial charge on any atom is -0.354 e. The van der Waals surface area contributed by atoms with Gasteiger partial charge in [-0.2, -0.15) is 0 Å². The molecular weight excluding hydrogens is 260 g/mol. The lowest BCUT2D eigenvalue weighted by Crippen LogP contribution is -1.88. The first kappa shape index (κ1) is 10.9. The summed E-state index contributed by atoms with van der Waals surface area (Å²) in [6.45, 7) is 0. The third kappa shape index (κ3) is 1.24. The second-order valence-electron chi connectivity index (χ2n) is 5.36. The quantitative estimate of drug-likeness (QED) is 0.466. The third-order valence-electron chi connectivity index (χ3n) is 4.29. The summed E-state index contributed by atoms with van der Waals surface area (Å²) in [7, 11) is 2.06. The second-order valence-corrected chi connectivity index (χ2v) is 5.36. The van der Waals surface area contributed by atoms with Crippen molar-refractivity contribution in [3.8, 4) is 0 Å². The maximum atomic E-state index is 4.52. The molecule has 0 saturated carbocycles. The number of nitrogens with one attached hydrogen (secondary N) is 1. The van der Waals surface area contributed by atoms with Gasteiger partial charge in [0.2, 0.25) is 0 Å². The maximum absolute atomic E-state index is 4.52. The van der Waals surface area contributed by atoms with Crippen LogP contribution in [0.4, 0.5) is 0 Å². The van der Waals surface area contributed by atoms with E-state index < -0.39 is 0 Å². The zero-order valence-electron chi connectivity index (χ0n) is 11.5. The van der Waals surface area contributed by atoms with Gasteiger partial charge in [-0.15, -0.1) is 0 Å². The van der Waals surface area contributed by atoms with Crippen LogP contribution >= 0.6 is 0 Å². The van der Waals surface area contributed by atoms with Crippen LogP contribution in [0, 0.1) is 0 Å². The molecule has 4 heteroatoms. The SMILES string of the molecule is Cn1c2ccc3c4cnccc4[nH]c3c2c2cccnc21. The van der Waals surface area contributed by atoms with Crippen molar-refractivity contribution in [3.05, 3.63) is 48.9 Å². The summed E-state index contributed by atoms with van der Waals surface area (Å²) in [6, 6.07) is 10.5. The number of benzene rings is 1. The highest BCUT2D eigenvalue weighted by molar-refractivity contribution is 6.23. The second kappa shape index (κ2) is 3.61. The first-order valence-electron chi connectivity index (χ1n) is 6.92. The fraction of sp³-hybridized carbons (Fsp3) is 0.0588. The fourth-order valence-electron chi connectivity index (χ4n) is 3.32. The average Bonchev–Trinajstić information content (AvgIpc) is 3.04. The van der Waals surface area contributed by atoms with Gasteiger partial charge in [-0.25, -0.2) is 4.98 Å². The number of aromatic nitrogens is 4. The van der Waals surface area contributed by atoms with Crippen molar-refractivity contribution >= 4 is 43.7 Å². The summed E-state index contributed by atoms with van der Waals surface area (Å²) < 4.78 is 2.15. The molecule has 5 rings (SSSR count). The molecule has 0 radical (unpaired) electrons. The zero-order chi connectivity index (χ0) is 14.0. The molecule has 0 spiro atoms. The first-order chi connectivity index (χ1) is 10.3. The van der Waals surface area contributed by atoms with Gasteiger partial charge in [0.15, 0.2) is 0 Å². The Labute approximate surface area is 120 Å². The highest BCUT2D eigenvalue weighted by Crippen LogP contribution is 2.35. The zero-order valence-corrected chi connectivity index (χ0v) is 11.5. The van der Waals surface area contributed by atoms with Crippen molar-refractivity contribution in [1.82, 2.24) is 19.5 Å². The van der Waals surface area contributed by atoms with Crippen molar-refractivity contribution in [1.29, 1.82) is 0 Å². The molecule has 0 amide bonds. The minimum atomic E-state index is 1.01. The summed E-state index contributed by atoms with van der Waals surface area (Å²) in [5, 5.41) is 4.78. The smallest absolute Gasteiger partial charge is 0.140 e. The molecule has 0 unspecified atom stereocenters. The number of H-pyrrole nitrogens is 1. The highest BCUT2D eigenvalue weighted by Gasteiger charge is 2.14. The number of hydrogen-bond donors (Lipinski definition) is 1. The van der Waals surface area contributed by atoms with E-state index in [1.165, 1.54) is 21.7 Å². The number of fused-ring (bicyclic) bond motifs is 7. The number of pyridine rings is 2. The standard InChI is InChI=1S/C17H12N4/c1-21-14-5-4-10-12-9-18-8-6-13(12)20-16(10)15(14)11-3-2-7-19-17(11)21/h2-9,20H,1H3. The van der Waals surface area contributed by atoms with Crippen LogP contribution in [0.2, 0.25) is 0 Å². The Morgan fingerprint density at radius 1 is 1.00 bits per heavy atom. The predicted molar refractivity (Wildman–Crippen MR) is 85.4 cm³/mol. The lowest BCUT2D eigenvalue weighted by molar-refractivity contribution is 0.990. The molecule has 1 aromatic carbocycles. The molecule has 4 heterocycles. The van der Waals surface area contributed by atoms with Gasteiger partial charge in [0.05, 0.1) is 11.0 Å². The molecule has 0 aliphatic carbocycles. The number of rotatable bonds is 0. The molecule has 5 aromatic rings. The van der Waals surface area contributed by atoms with Crippen LogP contribution in [0.3, 0.4) is 0 Å². The molecule has 1 N–H and O–H groups in total. The Hall–Kier alpha value is -2.88. The molecule has 0 aliphatic heterocycles. The van der Waals surface area contributed by atoms with Gasteiger partial charge in [0.1, 0.15) is 5.65 Å². The van der Waals surface area contributed by atoms with Gasteiger partial charge in [0.25, 0.3) is 0 Å². The van der Waals surface area contributed by atoms with Crippen LogP contribution in [0.1, 0.15) is 0 Å². The van der Waals surface area contributed by atoms with Crippen molar-refractivity contribution in [2.24, 2.45) is 7.05 Å². The van der Waals surface area contributed by atoms with Crippen LogP contribution in [0.15, 0.2) is 48.9 Å². The average molecular weight is 272 g/mol. The maximum Gasteiger partial charge on any atom is 0.140 e. The van der Waals surface area contributed by atoms with Crippen molar-refractivity contribution in [2.75, 3.05) is 0 Å². The number of nitrogens with zero attached hydrogens (tertiary/aromatic N) is 3. The lowest BCUT2D eigenvalue weighted by atomic mass is 10.1. The van der Waals surface area contributed by atoms with Crippen molar-refractivity contribution < 1.29 is 0 Å². The van der Waals surface area contributed by atoms with Gasteiger partial charge in [0, 0.05) is 52.7 Å². The Morgan fingerprint density at radius 2 is 1.95 bits per heavy atom. The van der Waals surface area contributed by atoms with E-state index in [9.17, 15) is 0 Å². The Morgan fingerprint density at radius 3 is 2.90 bits per heavy atom. The number of aromatic amines is 1. The number of aryl methyl sites for hydroxylation is 1. The number of hydrogen-bond acceptors (Lipinski definition) is 2. The summed E-state index contributed by atoms with van der Waals surface area (Å²) in [5.41, 5.74) is 4.48. The molecule has 0 atom stereocenters. The molecule has 21 heavy (non-hydrogen) atoms. The Bertz CT molecular complexity index is 1150. The van der Waals surface area contributed by atoms with Crippen LogP contribution in [0.25, 0.3) is 43.7 Å². The van der Waals surface area contributed by atoms with E-state index in [4.69, 9.17) is 0 Å². The molecule has 0 bridgehead atoms. The molecule has 0 aliphatic rings. The summed E-state index contributed by atoms with van der Waals surface area (Å²) >= 11 is 0. The predicted octanol–water partition coefficient (Wildman–Crippen LogP) is 3.76. The van der Waals surface area contributed by atoms with Crippen molar-refractivity contribution in [2.45, 2.75) is 0 Å². The van der Waals surface area contributed by atoms with Gasteiger partial charge < -0.3 is 9.55 Å². The fourth-order valence-corrected chi connectivity index (χ4v) is 3.32. The molecule has 4 nitrogen and oxygen atoms in total. The van der Waals surface area contributed by atoms with E-state index in [0.29, 0.717) is 0 Å². The van der Waals surface area contributed by atoms with E-state index in [1.807, 2.05) is 30.7 Å². The Kier molecular flexibility index (Phi) is 1.86.